The minimum absolute atomic E-state index is 0.318. The van der Waals surface area contributed by atoms with Crippen molar-refractivity contribution >= 4 is 5.78 Å². The van der Waals surface area contributed by atoms with Gasteiger partial charge in [0, 0.05) is 6.42 Å². The van der Waals surface area contributed by atoms with E-state index in [1.165, 1.54) is 327 Å². The van der Waals surface area contributed by atoms with Crippen LogP contribution >= 0.6 is 0 Å². The third-order valence-electron chi connectivity index (χ3n) is 13.1. The first kappa shape index (κ1) is 87.3. The first-order valence-corrected chi connectivity index (χ1v) is 34.2. The largest absolute Gasteiger partial charge is 0.300 e. The van der Waals surface area contributed by atoms with Gasteiger partial charge in [-0.05, 0) is 13.3 Å². The van der Waals surface area contributed by atoms with E-state index in [9.17, 15) is 4.79 Å². The number of hydrogen-bond acceptors (Lipinski definition) is 1. The van der Waals surface area contributed by atoms with Crippen molar-refractivity contribution in [2.75, 3.05) is 0 Å². The molecule has 0 rings (SSSR count). The molecule has 0 aliphatic heterocycles. The fourth-order valence-electron chi connectivity index (χ4n) is 7.84. The van der Waals surface area contributed by atoms with Gasteiger partial charge in [-0.3, -0.25) is 0 Å². The number of carbonyl (C=O) groups is 1. The highest BCUT2D eigenvalue weighted by atomic mass is 16.1. The van der Waals surface area contributed by atoms with Crippen molar-refractivity contribution in [3.05, 3.63) is 0 Å². The molecular formula is C70H154O. The van der Waals surface area contributed by atoms with E-state index in [1.807, 2.05) is 0 Å². The fourth-order valence-corrected chi connectivity index (χ4v) is 7.84. The van der Waals surface area contributed by atoms with Crippen LogP contribution < -0.4 is 0 Å². The molecule has 0 unspecified atom stereocenters. The van der Waals surface area contributed by atoms with Gasteiger partial charge in [0.05, 0.1) is 0 Å². The van der Waals surface area contributed by atoms with Gasteiger partial charge >= 0.3 is 0 Å². The second-order valence-corrected chi connectivity index (χ2v) is 21.5. The van der Waals surface area contributed by atoms with E-state index in [4.69, 9.17) is 0 Å². The Morgan fingerprint density at radius 2 is 0.239 bits per heavy atom. The summed E-state index contributed by atoms with van der Waals surface area (Å²) in [7, 11) is 0. The predicted octanol–water partition coefficient (Wildman–Crippen LogP) is 28.5. The molecule has 0 fully saturated rings. The molecule has 0 saturated carbocycles. The molecule has 0 bridgehead atoms. The summed E-state index contributed by atoms with van der Waals surface area (Å²) >= 11 is 0. The van der Waals surface area contributed by atoms with Crippen LogP contribution in [0, 0.1) is 0 Å². The highest BCUT2D eigenvalue weighted by Crippen LogP contribution is 2.10. The quantitative estimate of drug-likeness (QED) is 0.0556. The smallest absolute Gasteiger partial charge is 0.129 e. The first-order valence-electron chi connectivity index (χ1n) is 34.2. The fraction of sp³-hybridized carbons (Fsp3) is 0.986. The normalized spacial score (nSPS) is 9.92. The van der Waals surface area contributed by atoms with Crippen LogP contribution in [0.4, 0.5) is 0 Å². The predicted molar refractivity (Wildman–Crippen MR) is 340 cm³/mol. The number of carbonyl (C=O) groups excluding carboxylic acids is 1. The number of hydrogen-bond donors (Lipinski definition) is 0. The Morgan fingerprint density at radius 1 is 0.155 bits per heavy atom. The molecule has 440 valence electrons. The maximum absolute atomic E-state index is 10.3. The van der Waals surface area contributed by atoms with Gasteiger partial charge in [-0.2, -0.15) is 0 Å². The van der Waals surface area contributed by atoms with Gasteiger partial charge in [-0.25, -0.2) is 0 Å². The molecular weight excluding hydrogens is 857 g/mol. The third-order valence-corrected chi connectivity index (χ3v) is 13.1. The standard InChI is InChI=1S/7C9H20.C7H14O/c7*1-3-5-7-9-8-6-4-2;1-3-4-5-6-7(2)8/h7*3-9H2,1-2H3;3-6H2,1-2H3. The first-order chi connectivity index (χ1) is 34.7. The molecule has 0 atom stereocenters. The van der Waals surface area contributed by atoms with E-state index < -0.39 is 0 Å². The minimum atomic E-state index is 0.318. The van der Waals surface area contributed by atoms with Crippen molar-refractivity contribution < 1.29 is 4.79 Å². The molecule has 0 aromatic heterocycles. The van der Waals surface area contributed by atoms with Crippen LogP contribution in [0.1, 0.15) is 451 Å². The molecule has 0 N–H and O–H groups in total. The monoisotopic (exact) mass is 1010 g/mol. The number of rotatable bonds is 46. The topological polar surface area (TPSA) is 17.1 Å². The maximum Gasteiger partial charge on any atom is 0.129 e. The zero-order valence-corrected chi connectivity index (χ0v) is 54.4. The molecule has 0 aromatic rings. The van der Waals surface area contributed by atoms with Crippen LogP contribution in [-0.4, -0.2) is 5.78 Å². The molecule has 0 amide bonds. The Morgan fingerprint density at radius 3 is 0.324 bits per heavy atom. The average Bonchev–Trinajstić information content (AvgIpc) is 3.38. The Bertz CT molecular complexity index is 518. The van der Waals surface area contributed by atoms with Crippen molar-refractivity contribution in [1.29, 1.82) is 0 Å². The van der Waals surface area contributed by atoms with Crippen molar-refractivity contribution in [1.82, 2.24) is 0 Å². The minimum Gasteiger partial charge on any atom is -0.300 e. The average molecular weight is 1010 g/mol. The van der Waals surface area contributed by atoms with Gasteiger partial charge < -0.3 is 4.79 Å². The highest BCUT2D eigenvalue weighted by Gasteiger charge is 1.92. The van der Waals surface area contributed by atoms with Crippen molar-refractivity contribution in [2.24, 2.45) is 0 Å². The van der Waals surface area contributed by atoms with Crippen LogP contribution in [0.2, 0.25) is 0 Å². The SMILES string of the molecule is CCCCCC(C)=O.CCCCCCCCC.CCCCCCCCC.CCCCCCCCC.CCCCCCCCC.CCCCCCCCC.CCCCCCCCC.CCCCCCCCC. The van der Waals surface area contributed by atoms with Crippen molar-refractivity contribution in [3.8, 4) is 0 Å². The lowest BCUT2D eigenvalue weighted by atomic mass is 10.1. The summed E-state index contributed by atoms with van der Waals surface area (Å²) in [6.07, 6.45) is 74.1. The number of ketones is 1. The van der Waals surface area contributed by atoms with Gasteiger partial charge in [0.15, 0.2) is 0 Å². The van der Waals surface area contributed by atoms with E-state index >= 15 is 0 Å². The van der Waals surface area contributed by atoms with Crippen LogP contribution in [0.5, 0.6) is 0 Å². The summed E-state index contributed by atoms with van der Waals surface area (Å²) in [4.78, 5) is 10.3. The lowest BCUT2D eigenvalue weighted by molar-refractivity contribution is -0.117. The van der Waals surface area contributed by atoms with Crippen LogP contribution in [-0.2, 0) is 4.79 Å². The molecule has 1 nitrogen and oxygen atoms in total. The van der Waals surface area contributed by atoms with E-state index in [-0.39, 0.29) is 0 Å². The molecule has 0 aromatic carbocycles. The van der Waals surface area contributed by atoms with E-state index in [2.05, 4.69) is 104 Å². The Balaban J connectivity index is -0.000000107. The van der Waals surface area contributed by atoms with E-state index in [0.29, 0.717) is 5.78 Å². The van der Waals surface area contributed by atoms with E-state index in [1.54, 1.807) is 6.92 Å². The van der Waals surface area contributed by atoms with Crippen LogP contribution in [0.15, 0.2) is 0 Å². The molecule has 0 spiro atoms. The molecule has 0 aliphatic carbocycles. The summed E-state index contributed by atoms with van der Waals surface area (Å²) < 4.78 is 0. The van der Waals surface area contributed by atoms with Gasteiger partial charge in [0.1, 0.15) is 5.78 Å². The lowest BCUT2D eigenvalue weighted by Gasteiger charge is -1.96. The zero-order valence-electron chi connectivity index (χ0n) is 54.4. The Kier molecular flexibility index (Phi) is 130. The Labute approximate surface area is 459 Å². The molecule has 0 radical (unpaired) electrons. The van der Waals surface area contributed by atoms with Gasteiger partial charge in [-0.15, -0.1) is 0 Å². The lowest BCUT2D eigenvalue weighted by Crippen LogP contribution is -1.87. The van der Waals surface area contributed by atoms with Crippen LogP contribution in [0.3, 0.4) is 0 Å². The molecule has 0 aliphatic rings. The van der Waals surface area contributed by atoms with Gasteiger partial charge in [0.25, 0.3) is 0 Å². The summed E-state index contributed by atoms with van der Waals surface area (Å²) in [6.45, 7) is 35.5. The van der Waals surface area contributed by atoms with Crippen molar-refractivity contribution in [2.45, 2.75) is 451 Å². The summed E-state index contributed by atoms with van der Waals surface area (Å²) in [6, 6.07) is 0. The highest BCUT2D eigenvalue weighted by molar-refractivity contribution is 5.75. The summed E-state index contributed by atoms with van der Waals surface area (Å²) in [5.74, 6) is 0.318. The van der Waals surface area contributed by atoms with E-state index in [0.717, 1.165) is 12.8 Å². The van der Waals surface area contributed by atoms with Crippen molar-refractivity contribution in [3.63, 3.8) is 0 Å². The van der Waals surface area contributed by atoms with Gasteiger partial charge in [-0.1, -0.05) is 431 Å². The second-order valence-electron chi connectivity index (χ2n) is 21.5. The molecule has 0 heterocycles. The maximum atomic E-state index is 10.3. The Hall–Kier alpha value is -0.330. The summed E-state index contributed by atoms with van der Waals surface area (Å²) in [5, 5.41) is 0. The zero-order chi connectivity index (χ0) is 55.1. The number of Topliss-reactive ketones (excluding diaryl/α,β-unsaturated/α-hetero) is 1. The molecule has 71 heavy (non-hydrogen) atoms. The molecule has 0 saturated heterocycles. The second kappa shape index (κ2) is 106. The van der Waals surface area contributed by atoms with Gasteiger partial charge in [0.2, 0.25) is 0 Å². The number of unbranched alkanes of at least 4 members (excludes halogenated alkanes) is 44. The third kappa shape index (κ3) is 146. The van der Waals surface area contributed by atoms with Crippen LogP contribution in [0.25, 0.3) is 0 Å². The summed E-state index contributed by atoms with van der Waals surface area (Å²) in [5.41, 5.74) is 0. The molecule has 1 heteroatoms.